The number of carbonyl (C=O) groups excluding carboxylic acids is 1. The van der Waals surface area contributed by atoms with Crippen LogP contribution in [0.15, 0.2) is 82.0 Å². The smallest absolute Gasteiger partial charge is 0.283 e. The van der Waals surface area contributed by atoms with Crippen molar-refractivity contribution < 1.29 is 4.79 Å². The van der Waals surface area contributed by atoms with Crippen molar-refractivity contribution in [3.8, 4) is 16.4 Å². The van der Waals surface area contributed by atoms with Gasteiger partial charge in [-0.15, -0.1) is 11.3 Å². The second-order valence-electron chi connectivity index (χ2n) is 6.95. The molecular weight excluding hydrogens is 442 g/mol. The molecule has 0 bridgehead atoms. The van der Waals surface area contributed by atoms with E-state index in [1.807, 2.05) is 60.0 Å². The molecule has 158 valence electrons. The van der Waals surface area contributed by atoms with Gasteiger partial charge in [-0.1, -0.05) is 59.9 Å². The number of H-pyrrole nitrogens is 1. The van der Waals surface area contributed by atoms with Crippen LogP contribution in [0.1, 0.15) is 22.2 Å². The first-order chi connectivity index (χ1) is 15.6. The van der Waals surface area contributed by atoms with Gasteiger partial charge in [0.05, 0.1) is 32.1 Å². The number of hydrazone groups is 1. The number of nitrogens with one attached hydrogen (secondary N) is 2. The Balaban J connectivity index is 1.61. The maximum absolute atomic E-state index is 13.5. The number of amides is 1. The molecular formula is C23H17N5O2S2. The van der Waals surface area contributed by atoms with E-state index in [9.17, 15) is 9.59 Å². The zero-order chi connectivity index (χ0) is 22.1. The number of hydrogen-bond acceptors (Lipinski definition) is 6. The molecule has 0 radical (unpaired) electrons. The normalized spacial score (nSPS) is 11.7. The summed E-state index contributed by atoms with van der Waals surface area (Å²) in [7, 11) is 0. The third kappa shape index (κ3) is 3.68. The van der Waals surface area contributed by atoms with Crippen molar-refractivity contribution in [1.82, 2.24) is 20.2 Å². The highest BCUT2D eigenvalue weighted by Gasteiger charge is 2.21. The van der Waals surface area contributed by atoms with Gasteiger partial charge in [0.25, 0.3) is 11.5 Å². The second-order valence-corrected chi connectivity index (χ2v) is 8.90. The lowest BCUT2D eigenvalue weighted by molar-refractivity contribution is 0.0959. The van der Waals surface area contributed by atoms with Gasteiger partial charge in [-0.3, -0.25) is 14.7 Å². The van der Waals surface area contributed by atoms with E-state index in [0.717, 1.165) is 15.8 Å². The summed E-state index contributed by atoms with van der Waals surface area (Å²) >= 11 is 2.75. The highest BCUT2D eigenvalue weighted by molar-refractivity contribution is 7.20. The molecule has 32 heavy (non-hydrogen) atoms. The monoisotopic (exact) mass is 459 g/mol. The predicted molar refractivity (Wildman–Crippen MR) is 129 cm³/mol. The quantitative estimate of drug-likeness (QED) is 0.296. The zero-order valence-corrected chi connectivity index (χ0v) is 18.5. The fourth-order valence-corrected chi connectivity index (χ4v) is 4.87. The van der Waals surface area contributed by atoms with Gasteiger partial charge in [0.15, 0.2) is 0 Å². The first kappa shape index (κ1) is 20.1. The average molecular weight is 460 g/mol. The van der Waals surface area contributed by atoms with Crippen LogP contribution in [0.25, 0.3) is 26.6 Å². The van der Waals surface area contributed by atoms with Gasteiger partial charge in [-0.2, -0.15) is 9.78 Å². The van der Waals surface area contributed by atoms with Gasteiger partial charge in [0.2, 0.25) is 5.13 Å². The Morgan fingerprint density at radius 3 is 2.59 bits per heavy atom. The molecule has 3 aromatic heterocycles. The zero-order valence-electron chi connectivity index (χ0n) is 16.9. The Kier molecular flexibility index (Phi) is 5.26. The molecule has 0 atom stereocenters. The number of thiophene rings is 1. The van der Waals surface area contributed by atoms with Crippen LogP contribution in [0.4, 0.5) is 0 Å². The Bertz CT molecular complexity index is 1460. The first-order valence-electron chi connectivity index (χ1n) is 9.76. The third-order valence-corrected chi connectivity index (χ3v) is 6.75. The number of hydrogen-bond donors (Lipinski definition) is 2. The molecule has 0 saturated heterocycles. The molecule has 2 N–H and O–H groups in total. The van der Waals surface area contributed by atoms with Gasteiger partial charge >= 0.3 is 0 Å². The standard InChI is InChI=1S/C23H17N5O2S2/c1-14(25-26-21(29)18-12-7-13-31-18)19-20(15-8-3-2-4-9-15)27-28(22(19)30)23-24-16-10-5-6-11-17(16)32-23/h2-13,27H,1H3,(H,26,29). The lowest BCUT2D eigenvalue weighted by Gasteiger charge is -2.03. The van der Waals surface area contributed by atoms with Crippen molar-refractivity contribution in [2.24, 2.45) is 5.10 Å². The number of thiazole rings is 1. The number of rotatable bonds is 5. The van der Waals surface area contributed by atoms with Crippen LogP contribution >= 0.6 is 22.7 Å². The van der Waals surface area contributed by atoms with Crippen LogP contribution in [0.5, 0.6) is 0 Å². The summed E-state index contributed by atoms with van der Waals surface area (Å²) in [5.74, 6) is -0.317. The minimum absolute atomic E-state index is 0.283. The molecule has 2 aromatic carbocycles. The van der Waals surface area contributed by atoms with E-state index in [4.69, 9.17) is 0 Å². The topological polar surface area (TPSA) is 92.1 Å². The molecule has 0 aliphatic heterocycles. The van der Waals surface area contributed by atoms with E-state index >= 15 is 0 Å². The SMILES string of the molecule is CC(=NNC(=O)c1cccs1)c1c(-c2ccccc2)[nH]n(-c2nc3ccccc3s2)c1=O. The molecule has 5 aromatic rings. The third-order valence-electron chi connectivity index (χ3n) is 4.86. The Morgan fingerprint density at radius 2 is 1.84 bits per heavy atom. The molecule has 3 heterocycles. The summed E-state index contributed by atoms with van der Waals surface area (Å²) in [6.07, 6.45) is 0. The molecule has 9 heteroatoms. The number of benzene rings is 2. The van der Waals surface area contributed by atoms with Crippen molar-refractivity contribution in [3.63, 3.8) is 0 Å². The van der Waals surface area contributed by atoms with Crippen LogP contribution in [-0.2, 0) is 0 Å². The van der Waals surface area contributed by atoms with E-state index in [1.165, 1.54) is 27.4 Å². The van der Waals surface area contributed by atoms with E-state index in [0.29, 0.717) is 27.0 Å². The molecule has 1 amide bonds. The summed E-state index contributed by atoms with van der Waals surface area (Å²) in [4.78, 5) is 30.9. The maximum Gasteiger partial charge on any atom is 0.283 e. The maximum atomic E-state index is 13.5. The summed E-state index contributed by atoms with van der Waals surface area (Å²) in [5, 5.41) is 9.78. The molecule has 0 fully saturated rings. The molecule has 0 saturated carbocycles. The molecule has 7 nitrogen and oxygen atoms in total. The van der Waals surface area contributed by atoms with Crippen LogP contribution in [0, 0.1) is 0 Å². The van der Waals surface area contributed by atoms with Gasteiger partial charge in [-0.05, 0) is 30.5 Å². The van der Waals surface area contributed by atoms with Crippen molar-refractivity contribution in [2.75, 3.05) is 0 Å². The fraction of sp³-hybridized carbons (Fsp3) is 0.0435. The summed E-state index contributed by atoms with van der Waals surface area (Å²) in [5.41, 5.74) is 5.31. The van der Waals surface area contributed by atoms with E-state index in [2.05, 4.69) is 20.6 Å². The number of aromatic amines is 1. The predicted octanol–water partition coefficient (Wildman–Crippen LogP) is 4.66. The van der Waals surface area contributed by atoms with E-state index in [1.54, 1.807) is 19.1 Å². The molecule has 0 spiro atoms. The molecule has 0 aliphatic carbocycles. The van der Waals surface area contributed by atoms with Gasteiger partial charge in [0, 0.05) is 5.56 Å². The minimum atomic E-state index is -0.317. The van der Waals surface area contributed by atoms with E-state index in [-0.39, 0.29) is 11.5 Å². The van der Waals surface area contributed by atoms with Gasteiger partial charge < -0.3 is 0 Å². The Morgan fingerprint density at radius 1 is 1.06 bits per heavy atom. The van der Waals surface area contributed by atoms with Crippen molar-refractivity contribution in [3.05, 3.63) is 92.9 Å². The molecule has 5 rings (SSSR count). The van der Waals surface area contributed by atoms with Crippen molar-refractivity contribution >= 4 is 44.5 Å². The number of aromatic nitrogens is 3. The number of para-hydroxylation sites is 1. The Hall–Kier alpha value is -3.82. The van der Waals surface area contributed by atoms with Gasteiger partial charge in [0.1, 0.15) is 0 Å². The lowest BCUT2D eigenvalue weighted by atomic mass is 10.1. The second kappa shape index (κ2) is 8.37. The fourth-order valence-electron chi connectivity index (χ4n) is 3.33. The molecule has 0 aliphatic rings. The van der Waals surface area contributed by atoms with E-state index < -0.39 is 0 Å². The average Bonchev–Trinajstić information content (AvgIpc) is 3.56. The number of fused-ring (bicyclic) bond motifs is 1. The number of carbonyl (C=O) groups is 1. The van der Waals surface area contributed by atoms with Crippen molar-refractivity contribution in [1.29, 1.82) is 0 Å². The van der Waals surface area contributed by atoms with Crippen LogP contribution in [-0.4, -0.2) is 26.4 Å². The van der Waals surface area contributed by atoms with Crippen LogP contribution < -0.4 is 11.0 Å². The van der Waals surface area contributed by atoms with Crippen molar-refractivity contribution in [2.45, 2.75) is 6.92 Å². The lowest BCUT2D eigenvalue weighted by Crippen LogP contribution is -2.23. The van der Waals surface area contributed by atoms with Crippen LogP contribution in [0.2, 0.25) is 0 Å². The summed E-state index contributed by atoms with van der Waals surface area (Å²) in [6, 6.07) is 20.8. The summed E-state index contributed by atoms with van der Waals surface area (Å²) in [6.45, 7) is 1.70. The largest absolute Gasteiger partial charge is 0.288 e. The highest BCUT2D eigenvalue weighted by atomic mass is 32.1. The van der Waals surface area contributed by atoms with Crippen LogP contribution in [0.3, 0.4) is 0 Å². The van der Waals surface area contributed by atoms with Gasteiger partial charge in [-0.25, -0.2) is 10.4 Å². The number of nitrogens with zero attached hydrogens (tertiary/aromatic N) is 3. The Labute approximate surface area is 190 Å². The highest BCUT2D eigenvalue weighted by Crippen LogP contribution is 2.26. The minimum Gasteiger partial charge on any atom is -0.288 e. The molecule has 0 unspecified atom stereocenters. The first-order valence-corrected chi connectivity index (χ1v) is 11.5. The summed E-state index contributed by atoms with van der Waals surface area (Å²) < 4.78 is 2.42.